The Balaban J connectivity index is 2.52. The molecule has 0 atom stereocenters. The van der Waals surface area contributed by atoms with Crippen LogP contribution in [-0.2, 0) is 9.59 Å². The number of nitrogens with zero attached hydrogens (tertiary/aromatic N) is 1. The molecule has 0 radical (unpaired) electrons. The Bertz CT molecular complexity index is 237. The topological polar surface area (TPSA) is 37.4 Å². The van der Waals surface area contributed by atoms with Gasteiger partial charge in [0.25, 0.3) is 0 Å². The molecule has 1 amide bonds. The van der Waals surface area contributed by atoms with Gasteiger partial charge in [0.15, 0.2) is 0 Å². The lowest BCUT2D eigenvalue weighted by Gasteiger charge is -2.13. The van der Waals surface area contributed by atoms with Crippen molar-refractivity contribution in [2.45, 2.75) is 26.2 Å². The highest BCUT2D eigenvalue weighted by Gasteiger charge is 2.23. The van der Waals surface area contributed by atoms with Gasteiger partial charge in [-0.25, -0.2) is 0 Å². The maximum atomic E-state index is 11.3. The Kier molecular flexibility index (Phi) is 2.92. The van der Waals surface area contributed by atoms with Gasteiger partial charge in [0.2, 0.25) is 5.91 Å². The van der Waals surface area contributed by atoms with E-state index >= 15 is 0 Å². The number of carbonyl (C=O) groups excluding carboxylic acids is 2. The fraction of sp³-hybridized carbons (Fsp3) is 0.625. The van der Waals surface area contributed by atoms with Crippen LogP contribution in [0.15, 0.2) is 0 Å². The number of ketones is 1. The lowest BCUT2D eigenvalue weighted by Crippen LogP contribution is -2.31. The van der Waals surface area contributed by atoms with Crippen LogP contribution in [0.5, 0.6) is 0 Å². The summed E-state index contributed by atoms with van der Waals surface area (Å²) in [4.78, 5) is 24.1. The molecule has 0 aromatic carbocycles. The second-order valence-corrected chi connectivity index (χ2v) is 3.39. The van der Waals surface area contributed by atoms with Crippen molar-refractivity contribution in [3.05, 3.63) is 0 Å². The minimum absolute atomic E-state index is 0.0138. The molecule has 0 unspecified atom stereocenters. The van der Waals surface area contributed by atoms with E-state index in [-0.39, 0.29) is 18.1 Å². The lowest BCUT2D eigenvalue weighted by atomic mass is 10.3. The molecule has 1 fully saturated rings. The van der Waals surface area contributed by atoms with E-state index in [0.29, 0.717) is 11.5 Å². The minimum atomic E-state index is -0.148. The Morgan fingerprint density at radius 3 is 2.67 bits per heavy atom. The number of carbonyl (C=O) groups is 2. The van der Waals surface area contributed by atoms with Gasteiger partial charge in [0.05, 0.1) is 11.4 Å². The Morgan fingerprint density at radius 1 is 1.58 bits per heavy atom. The van der Waals surface area contributed by atoms with Crippen molar-refractivity contribution in [3.8, 4) is 0 Å². The summed E-state index contributed by atoms with van der Waals surface area (Å²) in [5, 5.41) is 0. The molecule has 1 aliphatic rings. The Labute approximate surface area is 76.7 Å². The first-order valence-electron chi connectivity index (χ1n) is 3.94. The second-order valence-electron chi connectivity index (χ2n) is 2.92. The van der Waals surface area contributed by atoms with Gasteiger partial charge >= 0.3 is 0 Å². The van der Waals surface area contributed by atoms with Crippen LogP contribution in [0.3, 0.4) is 0 Å². The number of hydrogen-bond acceptors (Lipinski definition) is 3. The summed E-state index contributed by atoms with van der Waals surface area (Å²) in [6, 6.07) is 0. The zero-order chi connectivity index (χ0) is 9.14. The minimum Gasteiger partial charge on any atom is -0.306 e. The van der Waals surface area contributed by atoms with Crippen LogP contribution >= 0.6 is 12.2 Å². The molecule has 0 saturated carbocycles. The number of likely N-dealkylation sites (tertiary alicyclic amines) is 1. The van der Waals surface area contributed by atoms with Crippen LogP contribution in [0.4, 0.5) is 0 Å². The summed E-state index contributed by atoms with van der Waals surface area (Å²) in [5.74, 6) is -0.250. The average molecular weight is 185 g/mol. The zero-order valence-corrected chi connectivity index (χ0v) is 7.82. The van der Waals surface area contributed by atoms with Gasteiger partial charge < -0.3 is 4.90 Å². The van der Waals surface area contributed by atoms with E-state index in [4.69, 9.17) is 12.2 Å². The average Bonchev–Trinajstić information content (AvgIpc) is 2.33. The quantitative estimate of drug-likeness (QED) is 0.474. The van der Waals surface area contributed by atoms with Crippen LogP contribution in [0, 0.1) is 0 Å². The highest BCUT2D eigenvalue weighted by molar-refractivity contribution is 7.80. The van der Waals surface area contributed by atoms with Crippen LogP contribution in [0.2, 0.25) is 0 Å². The summed E-state index contributed by atoms with van der Waals surface area (Å²) in [6.45, 7) is 2.10. The van der Waals surface area contributed by atoms with Crippen LogP contribution in [0.25, 0.3) is 0 Å². The first-order valence-corrected chi connectivity index (χ1v) is 4.34. The normalized spacial score (nSPS) is 16.8. The van der Waals surface area contributed by atoms with Crippen molar-refractivity contribution < 1.29 is 9.59 Å². The number of thiocarbonyl (C=S) groups is 1. The van der Waals surface area contributed by atoms with Crippen molar-refractivity contribution >= 4 is 28.9 Å². The Hall–Kier alpha value is -0.770. The van der Waals surface area contributed by atoms with Crippen LogP contribution < -0.4 is 0 Å². The summed E-state index contributed by atoms with van der Waals surface area (Å²) in [6.07, 6.45) is 1.72. The number of amides is 1. The fourth-order valence-electron chi connectivity index (χ4n) is 1.22. The fourth-order valence-corrected chi connectivity index (χ4v) is 1.56. The van der Waals surface area contributed by atoms with Gasteiger partial charge in [-0.3, -0.25) is 9.59 Å². The monoisotopic (exact) mass is 185 g/mol. The number of hydrogen-bond donors (Lipinski definition) is 0. The molecule has 1 heterocycles. The smallest absolute Gasteiger partial charge is 0.234 e. The van der Waals surface area contributed by atoms with Crippen LogP contribution in [-0.4, -0.2) is 28.1 Å². The summed E-state index contributed by atoms with van der Waals surface area (Å²) >= 11 is 4.96. The highest BCUT2D eigenvalue weighted by atomic mass is 32.1. The lowest BCUT2D eigenvalue weighted by molar-refractivity contribution is -0.131. The Morgan fingerprint density at radius 2 is 2.25 bits per heavy atom. The summed E-state index contributed by atoms with van der Waals surface area (Å²) < 4.78 is 0. The van der Waals surface area contributed by atoms with Gasteiger partial charge in [-0.1, -0.05) is 12.2 Å². The third-order valence-electron chi connectivity index (χ3n) is 1.77. The third-order valence-corrected chi connectivity index (χ3v) is 2.20. The number of rotatable bonds is 2. The van der Waals surface area contributed by atoms with Crippen molar-refractivity contribution in [2.24, 2.45) is 0 Å². The van der Waals surface area contributed by atoms with Gasteiger partial charge in [-0.15, -0.1) is 0 Å². The van der Waals surface area contributed by atoms with E-state index in [9.17, 15) is 9.59 Å². The van der Waals surface area contributed by atoms with E-state index in [1.807, 2.05) is 0 Å². The molecule has 0 spiro atoms. The third kappa shape index (κ3) is 2.11. The van der Waals surface area contributed by atoms with Crippen molar-refractivity contribution in [1.82, 2.24) is 4.90 Å². The van der Waals surface area contributed by atoms with Crippen molar-refractivity contribution in [2.75, 3.05) is 6.54 Å². The first kappa shape index (κ1) is 9.32. The molecular formula is C8H11NO2S. The predicted molar refractivity (Wildman–Crippen MR) is 48.8 cm³/mol. The maximum absolute atomic E-state index is 11.3. The summed E-state index contributed by atoms with van der Waals surface area (Å²) in [7, 11) is 0. The van der Waals surface area contributed by atoms with Crippen molar-refractivity contribution in [3.63, 3.8) is 0 Å². The molecule has 66 valence electrons. The van der Waals surface area contributed by atoms with E-state index in [1.165, 1.54) is 11.8 Å². The van der Waals surface area contributed by atoms with Crippen molar-refractivity contribution in [1.29, 1.82) is 0 Å². The van der Waals surface area contributed by atoms with Crippen LogP contribution in [0.1, 0.15) is 26.2 Å². The van der Waals surface area contributed by atoms with Gasteiger partial charge in [0, 0.05) is 13.0 Å². The molecule has 0 aromatic rings. The largest absolute Gasteiger partial charge is 0.306 e. The SMILES string of the molecule is CC(=O)CC(=O)N1CCCC1=S. The molecular weight excluding hydrogens is 174 g/mol. The van der Waals surface area contributed by atoms with Gasteiger partial charge in [0.1, 0.15) is 5.78 Å². The molecule has 0 aliphatic carbocycles. The van der Waals surface area contributed by atoms with E-state index in [2.05, 4.69) is 0 Å². The van der Waals surface area contributed by atoms with Gasteiger partial charge in [-0.05, 0) is 13.3 Å². The van der Waals surface area contributed by atoms with E-state index < -0.39 is 0 Å². The molecule has 0 aromatic heterocycles. The first-order chi connectivity index (χ1) is 5.61. The summed E-state index contributed by atoms with van der Waals surface area (Å²) in [5.41, 5.74) is 0. The molecule has 1 saturated heterocycles. The molecule has 3 nitrogen and oxygen atoms in total. The molecule has 4 heteroatoms. The second kappa shape index (κ2) is 3.76. The molecule has 0 bridgehead atoms. The van der Waals surface area contributed by atoms with E-state index in [0.717, 1.165) is 12.8 Å². The molecule has 12 heavy (non-hydrogen) atoms. The number of Topliss-reactive ketones (excluding diaryl/α,β-unsaturated/α-hetero) is 1. The zero-order valence-electron chi connectivity index (χ0n) is 7.00. The predicted octanol–water partition coefficient (Wildman–Crippen LogP) is 0.915. The van der Waals surface area contributed by atoms with E-state index in [1.54, 1.807) is 0 Å². The standard InChI is InChI=1S/C8H11NO2S/c1-6(10)5-7(11)9-4-2-3-8(9)12/h2-5H2,1H3. The molecule has 0 N–H and O–H groups in total. The molecule has 1 rings (SSSR count). The van der Waals surface area contributed by atoms with Gasteiger partial charge in [-0.2, -0.15) is 0 Å². The highest BCUT2D eigenvalue weighted by Crippen LogP contribution is 2.12. The maximum Gasteiger partial charge on any atom is 0.234 e. The molecule has 1 aliphatic heterocycles.